The molecule has 2 aromatic rings. The van der Waals surface area contributed by atoms with Crippen molar-refractivity contribution in [2.45, 2.75) is 20.8 Å². The van der Waals surface area contributed by atoms with Crippen LogP contribution in [-0.4, -0.2) is 11.7 Å². The molecule has 144 valence electrons. The summed E-state index contributed by atoms with van der Waals surface area (Å²) in [7, 11) is 5.53. The molecule has 0 unspecified atom stereocenters. The molecule has 7 heteroatoms. The van der Waals surface area contributed by atoms with E-state index in [0.717, 1.165) is 10.1 Å². The van der Waals surface area contributed by atoms with Crippen LogP contribution in [0.1, 0.15) is 26.3 Å². The zero-order valence-electron chi connectivity index (χ0n) is 15.9. The van der Waals surface area contributed by atoms with Gasteiger partial charge in [0.2, 0.25) is 0 Å². The third kappa shape index (κ3) is 16.4. The van der Waals surface area contributed by atoms with E-state index in [0.29, 0.717) is 0 Å². The molecule has 0 fully saturated rings. The Morgan fingerprint density at radius 2 is 1.29 bits per heavy atom. The molecule has 0 aliphatic carbocycles. The minimum absolute atomic E-state index is 0.156. The first-order valence-electron chi connectivity index (χ1n) is 7.18. The van der Waals surface area contributed by atoms with Gasteiger partial charge in [-0.15, -0.1) is 0 Å². The summed E-state index contributed by atoms with van der Waals surface area (Å²) in [6, 6.07) is 14.5. The van der Waals surface area contributed by atoms with Crippen molar-refractivity contribution >= 4 is 24.0 Å². The monoisotopic (exact) mass is 434 g/mol. The van der Waals surface area contributed by atoms with Crippen LogP contribution in [0.2, 0.25) is 0 Å². The summed E-state index contributed by atoms with van der Waals surface area (Å²) in [5.74, 6) is 0. The maximum atomic E-state index is 7.50. The van der Waals surface area contributed by atoms with Crippen LogP contribution in [0.15, 0.2) is 42.5 Å². The first kappa shape index (κ1) is 33.8. The van der Waals surface area contributed by atoms with Gasteiger partial charge in [0, 0.05) is 0 Å². The van der Waals surface area contributed by atoms with E-state index in [2.05, 4.69) is 102 Å². The molecule has 0 atom stereocenters. The van der Waals surface area contributed by atoms with Gasteiger partial charge in [-0.05, 0) is 0 Å². The third-order valence-corrected chi connectivity index (χ3v) is 3.80. The van der Waals surface area contributed by atoms with Gasteiger partial charge in [-0.1, -0.05) is 0 Å². The van der Waals surface area contributed by atoms with Gasteiger partial charge in [-0.2, -0.15) is 0 Å². The Morgan fingerprint density at radius 1 is 0.893 bits per heavy atom. The molecule has 0 aliphatic rings. The topological polar surface area (TPSA) is 88.8 Å². The molecule has 0 radical (unpaired) electrons. The molecule has 0 saturated heterocycles. The molecule has 5 nitrogen and oxygen atoms in total. The zero-order valence-corrected chi connectivity index (χ0v) is 18.1. The summed E-state index contributed by atoms with van der Waals surface area (Å²) in [6.07, 6.45) is 0. The number of fused-ring (bicyclic) bond motifs is 1. The minimum atomic E-state index is 0.156. The van der Waals surface area contributed by atoms with Crippen molar-refractivity contribution in [3.05, 3.63) is 74.6 Å². The number of hydrogen-bond acceptors (Lipinski definition) is 1. The number of ether oxygens (including phenoxy) is 1. The molecular formula is C21H19CrO5P. The van der Waals surface area contributed by atoms with Crippen molar-refractivity contribution in [3.8, 4) is 5.63 Å². The van der Waals surface area contributed by atoms with Gasteiger partial charge in [0.1, 0.15) is 0 Å². The second-order valence-corrected chi connectivity index (χ2v) is 6.18. The van der Waals surface area contributed by atoms with Gasteiger partial charge in [0.15, 0.2) is 0 Å². The fourth-order valence-corrected chi connectivity index (χ4v) is 1.79. The number of rotatable bonds is 2. The summed E-state index contributed by atoms with van der Waals surface area (Å²) in [4.78, 5) is 0. The van der Waals surface area contributed by atoms with Crippen LogP contribution in [0, 0.1) is 37.6 Å². The molecule has 0 amide bonds. The van der Waals surface area contributed by atoms with Gasteiger partial charge in [-0.25, -0.2) is 0 Å². The van der Waals surface area contributed by atoms with Crippen molar-refractivity contribution in [1.82, 2.24) is 0 Å². The van der Waals surface area contributed by atoms with Crippen LogP contribution in [-0.2, 0) is 39.2 Å². The fraction of sp³-hybridized carbons (Fsp3) is 0.238. The Labute approximate surface area is 176 Å². The summed E-state index contributed by atoms with van der Waals surface area (Å²) >= 11 is 2.93. The Bertz CT molecular complexity index is 779. The van der Waals surface area contributed by atoms with Crippen molar-refractivity contribution in [3.63, 3.8) is 0 Å². The van der Waals surface area contributed by atoms with Crippen LogP contribution >= 0.6 is 8.70 Å². The molecule has 0 aromatic heterocycles. The zero-order chi connectivity index (χ0) is 23.2. The number of hydrogen-bond donors (Lipinski definition) is 0. The summed E-state index contributed by atoms with van der Waals surface area (Å²) in [6.45, 7) is 24.2. The Kier molecular flexibility index (Phi) is 28.1. The van der Waals surface area contributed by atoms with Gasteiger partial charge in [-0.3, -0.25) is 0 Å². The predicted octanol–water partition coefficient (Wildman–Crippen LogP) is 4.76. The van der Waals surface area contributed by atoms with Crippen LogP contribution < -0.4 is 0 Å². The molecule has 0 aliphatic heterocycles. The Hall–Kier alpha value is -1.77. The molecule has 0 spiro atoms. The molecule has 2 aromatic carbocycles. The van der Waals surface area contributed by atoms with Crippen LogP contribution in [0.5, 0.6) is 0 Å². The van der Waals surface area contributed by atoms with Gasteiger partial charge < -0.3 is 0 Å². The fourth-order valence-electron chi connectivity index (χ4n) is 1.51. The number of benzene rings is 2. The molecule has 0 heterocycles. The van der Waals surface area contributed by atoms with Crippen molar-refractivity contribution in [2.75, 3.05) is 7.11 Å². The van der Waals surface area contributed by atoms with E-state index >= 15 is 0 Å². The van der Waals surface area contributed by atoms with E-state index in [1.165, 1.54) is 10.8 Å². The normalized spacial score (nSPS) is 7.68. The maximum absolute atomic E-state index is 7.50. The standard InChI is InChI=1S/C12H10O.C5H9P.4CO.Cr/c1-13-9-11-7-4-6-10-5-2-3-8-12(10)11;1-5(2,3)4-6;4*1-2;/h2-8H,1H3;1-3H3;;;;;. The first-order chi connectivity index (χ1) is 13.4. The predicted molar refractivity (Wildman–Crippen MR) is 101 cm³/mol. The molecule has 28 heavy (non-hydrogen) atoms. The van der Waals surface area contributed by atoms with Crippen molar-refractivity contribution < 1.29 is 39.2 Å². The average Bonchev–Trinajstić information content (AvgIpc) is 2.78. The number of methoxy groups -OCH3 is 1. The SMILES string of the molecule is CC(C)(C)C#P.CO[C](=[Cr])c1cccc2ccccc12.[C-]#[O+].[C-]#[O+].[C-]#[O+].[C-]#[O+]. The molecule has 2 rings (SSSR count). The molecule has 0 saturated carbocycles. The first-order valence-corrected chi connectivity index (χ1v) is 8.26. The van der Waals surface area contributed by atoms with E-state index in [4.69, 9.17) is 23.3 Å². The summed E-state index contributed by atoms with van der Waals surface area (Å²) in [5, 5.41) is 2.44. The second-order valence-electron chi connectivity index (χ2n) is 5.38. The van der Waals surface area contributed by atoms with Crippen LogP contribution in [0.4, 0.5) is 0 Å². The average molecular weight is 434 g/mol. The second kappa shape index (κ2) is 23.3. The van der Waals surface area contributed by atoms with Gasteiger partial charge >= 0.3 is 177 Å². The van der Waals surface area contributed by atoms with Gasteiger partial charge in [0.05, 0.1) is 0 Å². The van der Waals surface area contributed by atoms with Crippen molar-refractivity contribution in [1.29, 1.82) is 0 Å². The van der Waals surface area contributed by atoms with E-state index < -0.39 is 0 Å². The van der Waals surface area contributed by atoms with E-state index in [1.807, 2.05) is 18.2 Å². The quantitative estimate of drug-likeness (QED) is 0.381. The van der Waals surface area contributed by atoms with E-state index in [9.17, 15) is 0 Å². The molecular weight excluding hydrogens is 415 g/mol. The van der Waals surface area contributed by atoms with E-state index in [-0.39, 0.29) is 5.41 Å². The molecule has 0 N–H and O–H groups in total. The Morgan fingerprint density at radius 3 is 1.68 bits per heavy atom. The van der Waals surface area contributed by atoms with Gasteiger partial charge in [0.25, 0.3) is 0 Å². The van der Waals surface area contributed by atoms with Crippen LogP contribution in [0.3, 0.4) is 0 Å². The summed E-state index contributed by atoms with van der Waals surface area (Å²) in [5.41, 5.74) is 4.07. The Balaban J connectivity index is -0.000000174. The third-order valence-electron chi connectivity index (χ3n) is 2.53. The van der Waals surface area contributed by atoms with Crippen LogP contribution in [0.25, 0.3) is 10.8 Å². The molecule has 0 bridgehead atoms. The summed E-state index contributed by atoms with van der Waals surface area (Å²) < 4.78 is 36.0. The van der Waals surface area contributed by atoms with E-state index in [1.54, 1.807) is 7.11 Å². The van der Waals surface area contributed by atoms with Crippen molar-refractivity contribution in [2.24, 2.45) is 5.41 Å².